The zero-order valence-corrected chi connectivity index (χ0v) is 14.1. The minimum Gasteiger partial charge on any atom is -0.478 e. The van der Waals surface area contributed by atoms with Crippen molar-refractivity contribution in [3.8, 4) is 5.88 Å². The fourth-order valence-electron chi connectivity index (χ4n) is 3.29. The molecular formula is C20H24N2O2. The number of hydrogen-bond donors (Lipinski definition) is 0. The molecule has 1 saturated heterocycles. The van der Waals surface area contributed by atoms with E-state index in [1.807, 2.05) is 24.0 Å². The number of amides is 1. The average molecular weight is 324 g/mol. The molecule has 3 rings (SSSR count). The summed E-state index contributed by atoms with van der Waals surface area (Å²) in [5, 5.41) is 0. The maximum Gasteiger partial charge on any atom is 0.255 e. The first-order chi connectivity index (χ1) is 11.8. The predicted octanol–water partition coefficient (Wildman–Crippen LogP) is 3.72. The van der Waals surface area contributed by atoms with Gasteiger partial charge in [0.1, 0.15) is 0 Å². The topological polar surface area (TPSA) is 42.4 Å². The van der Waals surface area contributed by atoms with Gasteiger partial charge in [-0.25, -0.2) is 4.98 Å². The van der Waals surface area contributed by atoms with E-state index < -0.39 is 0 Å². The van der Waals surface area contributed by atoms with Gasteiger partial charge in [0.2, 0.25) is 5.88 Å². The van der Waals surface area contributed by atoms with Crippen LogP contribution in [0.15, 0.2) is 48.7 Å². The molecule has 1 atom stereocenters. The highest BCUT2D eigenvalue weighted by Gasteiger charge is 2.29. The van der Waals surface area contributed by atoms with Crippen LogP contribution >= 0.6 is 0 Å². The number of rotatable bonds is 6. The van der Waals surface area contributed by atoms with Gasteiger partial charge in [-0.05, 0) is 44.2 Å². The van der Waals surface area contributed by atoms with E-state index in [1.165, 1.54) is 5.56 Å². The molecule has 4 nitrogen and oxygen atoms in total. The summed E-state index contributed by atoms with van der Waals surface area (Å²) in [4.78, 5) is 19.0. The van der Waals surface area contributed by atoms with Crippen molar-refractivity contribution in [2.75, 3.05) is 13.2 Å². The van der Waals surface area contributed by atoms with Gasteiger partial charge in [0.05, 0.1) is 12.2 Å². The van der Waals surface area contributed by atoms with Gasteiger partial charge < -0.3 is 9.64 Å². The Balaban J connectivity index is 1.62. The Hall–Kier alpha value is -2.36. The van der Waals surface area contributed by atoms with Crippen molar-refractivity contribution in [2.45, 2.75) is 38.6 Å². The second-order valence-corrected chi connectivity index (χ2v) is 6.14. The van der Waals surface area contributed by atoms with Gasteiger partial charge in [0.25, 0.3) is 5.91 Å². The predicted molar refractivity (Wildman–Crippen MR) is 94.2 cm³/mol. The van der Waals surface area contributed by atoms with E-state index in [2.05, 4.69) is 29.2 Å². The van der Waals surface area contributed by atoms with Crippen LogP contribution in [0.4, 0.5) is 0 Å². The summed E-state index contributed by atoms with van der Waals surface area (Å²) >= 11 is 0. The van der Waals surface area contributed by atoms with E-state index >= 15 is 0 Å². The lowest BCUT2D eigenvalue weighted by Crippen LogP contribution is -2.35. The summed E-state index contributed by atoms with van der Waals surface area (Å²) in [6, 6.07) is 14.4. The van der Waals surface area contributed by atoms with Gasteiger partial charge in [-0.3, -0.25) is 4.79 Å². The first kappa shape index (κ1) is 16.5. The molecule has 0 spiro atoms. The van der Waals surface area contributed by atoms with Crippen LogP contribution in [-0.2, 0) is 6.42 Å². The molecule has 0 N–H and O–H groups in total. The highest BCUT2D eigenvalue weighted by atomic mass is 16.5. The Morgan fingerprint density at radius 1 is 1.25 bits per heavy atom. The van der Waals surface area contributed by atoms with Gasteiger partial charge in [-0.15, -0.1) is 0 Å². The van der Waals surface area contributed by atoms with Gasteiger partial charge in [0.15, 0.2) is 0 Å². The molecule has 2 heterocycles. The fraction of sp³-hybridized carbons (Fsp3) is 0.400. The van der Waals surface area contributed by atoms with Crippen LogP contribution in [-0.4, -0.2) is 35.0 Å². The number of aryl methyl sites for hydroxylation is 1. The molecule has 0 aliphatic carbocycles. The quantitative estimate of drug-likeness (QED) is 0.813. The lowest BCUT2D eigenvalue weighted by Gasteiger charge is -2.25. The maximum absolute atomic E-state index is 12.8. The molecular weight excluding hydrogens is 300 g/mol. The number of nitrogens with zero attached hydrogens (tertiary/aromatic N) is 2. The number of carbonyl (C=O) groups excluding carboxylic acids is 1. The third kappa shape index (κ3) is 3.94. The van der Waals surface area contributed by atoms with Gasteiger partial charge in [-0.2, -0.15) is 0 Å². The number of pyridine rings is 1. The van der Waals surface area contributed by atoms with Crippen molar-refractivity contribution in [1.82, 2.24) is 9.88 Å². The second kappa shape index (κ2) is 7.95. The SMILES string of the molecule is CCOc1ccc(C(=O)N2CCCC2CCc2ccccc2)cn1. The van der Waals surface area contributed by atoms with Crippen molar-refractivity contribution >= 4 is 5.91 Å². The normalized spacial score (nSPS) is 17.0. The molecule has 1 unspecified atom stereocenters. The van der Waals surface area contributed by atoms with Crippen LogP contribution in [0.1, 0.15) is 42.1 Å². The summed E-state index contributed by atoms with van der Waals surface area (Å²) in [6.45, 7) is 3.34. The molecule has 1 amide bonds. The van der Waals surface area contributed by atoms with Gasteiger partial charge in [0, 0.05) is 24.8 Å². The number of carbonyl (C=O) groups is 1. The Morgan fingerprint density at radius 3 is 2.79 bits per heavy atom. The lowest BCUT2D eigenvalue weighted by atomic mass is 10.0. The first-order valence-corrected chi connectivity index (χ1v) is 8.71. The smallest absolute Gasteiger partial charge is 0.255 e. The zero-order valence-electron chi connectivity index (χ0n) is 14.1. The summed E-state index contributed by atoms with van der Waals surface area (Å²) in [6.07, 6.45) is 5.82. The molecule has 1 aliphatic rings. The highest BCUT2D eigenvalue weighted by Crippen LogP contribution is 2.24. The van der Waals surface area contributed by atoms with Crippen LogP contribution in [0.2, 0.25) is 0 Å². The monoisotopic (exact) mass is 324 g/mol. The molecule has 1 aliphatic heterocycles. The molecule has 0 bridgehead atoms. The second-order valence-electron chi connectivity index (χ2n) is 6.14. The van der Waals surface area contributed by atoms with Crippen LogP contribution in [0.5, 0.6) is 5.88 Å². The number of hydrogen-bond acceptors (Lipinski definition) is 3. The third-order valence-corrected chi connectivity index (χ3v) is 4.52. The van der Waals surface area contributed by atoms with Gasteiger partial charge in [-0.1, -0.05) is 30.3 Å². The van der Waals surface area contributed by atoms with E-state index in [9.17, 15) is 4.79 Å². The van der Waals surface area contributed by atoms with Crippen LogP contribution in [0.3, 0.4) is 0 Å². The van der Waals surface area contributed by atoms with Gasteiger partial charge >= 0.3 is 0 Å². The summed E-state index contributed by atoms with van der Waals surface area (Å²) < 4.78 is 5.34. The summed E-state index contributed by atoms with van der Waals surface area (Å²) in [7, 11) is 0. The van der Waals surface area contributed by atoms with E-state index in [4.69, 9.17) is 4.74 Å². The standard InChI is InChI=1S/C20H24N2O2/c1-2-24-19-13-11-17(15-21-19)20(23)22-14-6-9-18(22)12-10-16-7-4-3-5-8-16/h3-5,7-8,11,13,15,18H,2,6,9-10,12,14H2,1H3. The van der Waals surface area contributed by atoms with Crippen molar-refractivity contribution in [3.63, 3.8) is 0 Å². The van der Waals surface area contributed by atoms with E-state index in [0.29, 0.717) is 24.1 Å². The summed E-state index contributed by atoms with van der Waals surface area (Å²) in [5.41, 5.74) is 1.98. The van der Waals surface area contributed by atoms with Crippen molar-refractivity contribution < 1.29 is 9.53 Å². The van der Waals surface area contributed by atoms with E-state index in [0.717, 1.165) is 32.2 Å². The Morgan fingerprint density at radius 2 is 2.08 bits per heavy atom. The zero-order chi connectivity index (χ0) is 16.8. The third-order valence-electron chi connectivity index (χ3n) is 4.52. The number of benzene rings is 1. The molecule has 1 aromatic heterocycles. The molecule has 126 valence electrons. The fourth-order valence-corrected chi connectivity index (χ4v) is 3.29. The van der Waals surface area contributed by atoms with Crippen molar-refractivity contribution in [3.05, 3.63) is 59.8 Å². The van der Waals surface area contributed by atoms with Crippen LogP contribution < -0.4 is 4.74 Å². The van der Waals surface area contributed by atoms with Crippen LogP contribution in [0, 0.1) is 0 Å². The Labute approximate surface area is 143 Å². The molecule has 2 aromatic rings. The molecule has 4 heteroatoms. The number of likely N-dealkylation sites (tertiary alicyclic amines) is 1. The molecule has 0 saturated carbocycles. The maximum atomic E-state index is 12.8. The highest BCUT2D eigenvalue weighted by molar-refractivity contribution is 5.94. The first-order valence-electron chi connectivity index (χ1n) is 8.71. The van der Waals surface area contributed by atoms with E-state index in [-0.39, 0.29) is 5.91 Å². The van der Waals surface area contributed by atoms with E-state index in [1.54, 1.807) is 12.3 Å². The number of ether oxygens (including phenoxy) is 1. The molecule has 0 radical (unpaired) electrons. The number of aromatic nitrogens is 1. The van der Waals surface area contributed by atoms with Crippen molar-refractivity contribution in [2.24, 2.45) is 0 Å². The summed E-state index contributed by atoms with van der Waals surface area (Å²) in [5.74, 6) is 0.650. The largest absolute Gasteiger partial charge is 0.478 e. The molecule has 1 fully saturated rings. The van der Waals surface area contributed by atoms with Crippen molar-refractivity contribution in [1.29, 1.82) is 0 Å². The van der Waals surface area contributed by atoms with Crippen LogP contribution in [0.25, 0.3) is 0 Å². The average Bonchev–Trinajstić information content (AvgIpc) is 3.10. The lowest BCUT2D eigenvalue weighted by molar-refractivity contribution is 0.0730. The Bertz CT molecular complexity index is 655. The minimum absolute atomic E-state index is 0.0844. The molecule has 1 aromatic carbocycles. The minimum atomic E-state index is 0.0844. The molecule has 24 heavy (non-hydrogen) atoms. The Kier molecular flexibility index (Phi) is 5.47.